The van der Waals surface area contributed by atoms with Gasteiger partial charge in [-0.05, 0) is 31.2 Å². The van der Waals surface area contributed by atoms with Crippen molar-refractivity contribution in [3.63, 3.8) is 0 Å². The Morgan fingerprint density at radius 2 is 2.11 bits per heavy atom. The predicted octanol–water partition coefficient (Wildman–Crippen LogP) is 2.89. The lowest BCUT2D eigenvalue weighted by molar-refractivity contribution is -0.115. The van der Waals surface area contributed by atoms with Gasteiger partial charge in [0.2, 0.25) is 11.0 Å². The van der Waals surface area contributed by atoms with E-state index in [4.69, 9.17) is 17.3 Å². The number of hydrogen-bond acceptors (Lipinski definition) is 6. The van der Waals surface area contributed by atoms with Crippen LogP contribution in [0, 0.1) is 0 Å². The van der Waals surface area contributed by atoms with Crippen molar-refractivity contribution in [2.75, 3.05) is 11.1 Å². The van der Waals surface area contributed by atoms with Crippen molar-refractivity contribution in [1.82, 2.24) is 10.2 Å². The van der Waals surface area contributed by atoms with E-state index in [0.29, 0.717) is 20.2 Å². The molecule has 8 heteroatoms. The van der Waals surface area contributed by atoms with E-state index in [1.807, 2.05) is 0 Å². The first kappa shape index (κ1) is 14.1. The first-order valence-corrected chi connectivity index (χ1v) is 7.44. The van der Waals surface area contributed by atoms with Crippen molar-refractivity contribution in [2.24, 2.45) is 0 Å². The van der Waals surface area contributed by atoms with Crippen LogP contribution in [0.3, 0.4) is 0 Å². The molecule has 0 aliphatic rings. The Morgan fingerprint density at radius 3 is 2.68 bits per heavy atom. The molecule has 19 heavy (non-hydrogen) atoms. The van der Waals surface area contributed by atoms with Crippen LogP contribution in [0.15, 0.2) is 28.6 Å². The Bertz CT molecular complexity index is 572. The lowest BCUT2D eigenvalue weighted by Crippen LogP contribution is -2.22. The third kappa shape index (κ3) is 4.09. The number of nitrogen functional groups attached to an aromatic ring is 1. The van der Waals surface area contributed by atoms with Gasteiger partial charge in [-0.25, -0.2) is 0 Å². The zero-order chi connectivity index (χ0) is 13.8. The molecular weight excluding hydrogens is 304 g/mol. The monoisotopic (exact) mass is 314 g/mol. The Labute approximate surface area is 123 Å². The van der Waals surface area contributed by atoms with Gasteiger partial charge in [0.05, 0.1) is 5.25 Å². The van der Waals surface area contributed by atoms with Gasteiger partial charge in [-0.1, -0.05) is 34.7 Å². The van der Waals surface area contributed by atoms with Crippen LogP contribution in [0.2, 0.25) is 5.02 Å². The number of thioether (sulfide) groups is 1. The van der Waals surface area contributed by atoms with Crippen LogP contribution in [-0.4, -0.2) is 21.4 Å². The van der Waals surface area contributed by atoms with E-state index in [0.717, 1.165) is 0 Å². The molecule has 0 spiro atoms. The number of carbonyl (C=O) groups excluding carboxylic acids is 1. The van der Waals surface area contributed by atoms with Gasteiger partial charge in [0.15, 0.2) is 4.34 Å². The number of rotatable bonds is 4. The number of hydrogen-bond donors (Lipinski definition) is 2. The summed E-state index contributed by atoms with van der Waals surface area (Å²) in [7, 11) is 0. The van der Waals surface area contributed by atoms with Crippen LogP contribution in [-0.2, 0) is 4.79 Å². The number of nitrogens with one attached hydrogen (secondary N) is 1. The summed E-state index contributed by atoms with van der Waals surface area (Å²) in [5, 5.41) is 11.1. The van der Waals surface area contributed by atoms with E-state index in [1.165, 1.54) is 23.1 Å². The first-order valence-electron chi connectivity index (χ1n) is 5.36. The van der Waals surface area contributed by atoms with E-state index in [-0.39, 0.29) is 11.2 Å². The van der Waals surface area contributed by atoms with Crippen molar-refractivity contribution >= 4 is 51.4 Å². The number of anilines is 2. The number of benzene rings is 1. The predicted molar refractivity (Wildman–Crippen MR) is 79.7 cm³/mol. The van der Waals surface area contributed by atoms with Crippen LogP contribution in [0.1, 0.15) is 6.92 Å². The minimum absolute atomic E-state index is 0.110. The van der Waals surface area contributed by atoms with Gasteiger partial charge >= 0.3 is 0 Å². The zero-order valence-electron chi connectivity index (χ0n) is 9.96. The van der Waals surface area contributed by atoms with E-state index in [2.05, 4.69) is 15.5 Å². The largest absolute Gasteiger partial charge is 0.374 e. The SMILES string of the molecule is C[C@H](Sc1nnc(N)s1)C(=O)Nc1ccc(Cl)cc1. The second kappa shape index (κ2) is 6.23. The van der Waals surface area contributed by atoms with E-state index < -0.39 is 0 Å². The maximum atomic E-state index is 12.0. The summed E-state index contributed by atoms with van der Waals surface area (Å²) in [5.41, 5.74) is 6.19. The van der Waals surface area contributed by atoms with E-state index >= 15 is 0 Å². The highest BCUT2D eigenvalue weighted by atomic mass is 35.5. The molecule has 0 aliphatic carbocycles. The summed E-state index contributed by atoms with van der Waals surface area (Å²) in [6, 6.07) is 6.95. The fourth-order valence-corrected chi connectivity index (χ4v) is 3.16. The Balaban J connectivity index is 1.94. The summed E-state index contributed by atoms with van der Waals surface area (Å²) in [4.78, 5) is 12.0. The van der Waals surface area contributed by atoms with Crippen LogP contribution in [0.4, 0.5) is 10.8 Å². The third-order valence-electron chi connectivity index (χ3n) is 2.18. The Hall–Kier alpha value is -1.31. The van der Waals surface area contributed by atoms with Crippen LogP contribution < -0.4 is 11.1 Å². The number of amides is 1. The minimum Gasteiger partial charge on any atom is -0.374 e. The summed E-state index contributed by atoms with van der Waals surface area (Å²) >= 11 is 8.36. The van der Waals surface area contributed by atoms with E-state index in [9.17, 15) is 4.79 Å². The van der Waals surface area contributed by atoms with Crippen LogP contribution in [0.5, 0.6) is 0 Å². The fourth-order valence-electron chi connectivity index (χ4n) is 1.25. The number of nitrogens with two attached hydrogens (primary N) is 1. The molecule has 3 N–H and O–H groups in total. The highest BCUT2D eigenvalue weighted by Crippen LogP contribution is 2.28. The molecule has 1 heterocycles. The summed E-state index contributed by atoms with van der Waals surface area (Å²) in [5.74, 6) is -0.110. The smallest absolute Gasteiger partial charge is 0.237 e. The lowest BCUT2D eigenvalue weighted by Gasteiger charge is -2.10. The third-order valence-corrected chi connectivity index (χ3v) is 4.37. The average Bonchev–Trinajstić information content (AvgIpc) is 2.77. The Kier molecular flexibility index (Phi) is 4.62. The maximum absolute atomic E-state index is 12.0. The van der Waals surface area contributed by atoms with Crippen LogP contribution >= 0.6 is 34.7 Å². The molecule has 0 aliphatic heterocycles. The highest BCUT2D eigenvalue weighted by molar-refractivity contribution is 8.02. The molecule has 1 aromatic heterocycles. The Morgan fingerprint density at radius 1 is 1.42 bits per heavy atom. The van der Waals surface area contributed by atoms with Crippen molar-refractivity contribution < 1.29 is 4.79 Å². The number of carbonyl (C=O) groups is 1. The van der Waals surface area contributed by atoms with Gasteiger partial charge < -0.3 is 11.1 Å². The molecule has 2 rings (SSSR count). The van der Waals surface area contributed by atoms with E-state index in [1.54, 1.807) is 31.2 Å². The van der Waals surface area contributed by atoms with Gasteiger partial charge in [0.1, 0.15) is 0 Å². The molecule has 0 fully saturated rings. The molecule has 1 atom stereocenters. The molecule has 0 bridgehead atoms. The maximum Gasteiger partial charge on any atom is 0.237 e. The molecule has 1 aromatic carbocycles. The summed E-state index contributed by atoms with van der Waals surface area (Å²) < 4.78 is 0.677. The molecule has 0 saturated heterocycles. The second-order valence-corrected chi connectivity index (χ2v) is 6.70. The second-order valence-electron chi connectivity index (χ2n) is 3.66. The van der Waals surface area contributed by atoms with Crippen LogP contribution in [0.25, 0.3) is 0 Å². The molecule has 100 valence electrons. The van der Waals surface area contributed by atoms with Gasteiger partial charge in [0, 0.05) is 10.7 Å². The van der Waals surface area contributed by atoms with Gasteiger partial charge in [-0.3, -0.25) is 4.79 Å². The molecule has 5 nitrogen and oxygen atoms in total. The number of nitrogens with zero attached hydrogens (tertiary/aromatic N) is 2. The number of halogens is 1. The average molecular weight is 315 g/mol. The molecular formula is C11H11ClN4OS2. The number of aromatic nitrogens is 2. The zero-order valence-corrected chi connectivity index (χ0v) is 12.4. The topological polar surface area (TPSA) is 80.9 Å². The fraction of sp³-hybridized carbons (Fsp3) is 0.182. The van der Waals surface area contributed by atoms with Crippen molar-refractivity contribution in [2.45, 2.75) is 16.5 Å². The standard InChI is InChI=1S/C11H11ClN4OS2/c1-6(18-11-16-15-10(13)19-11)9(17)14-8-4-2-7(12)3-5-8/h2-6H,1H3,(H2,13,15)(H,14,17)/t6-/m0/s1. The van der Waals surface area contributed by atoms with Gasteiger partial charge in [0.25, 0.3) is 0 Å². The first-order chi connectivity index (χ1) is 9.04. The normalized spacial score (nSPS) is 12.1. The highest BCUT2D eigenvalue weighted by Gasteiger charge is 2.16. The van der Waals surface area contributed by atoms with Crippen molar-refractivity contribution in [3.8, 4) is 0 Å². The molecule has 0 saturated carbocycles. The molecule has 1 amide bonds. The van der Waals surface area contributed by atoms with Gasteiger partial charge in [-0.2, -0.15) is 0 Å². The molecule has 0 unspecified atom stereocenters. The minimum atomic E-state index is -0.289. The quantitative estimate of drug-likeness (QED) is 0.848. The molecule has 2 aromatic rings. The van der Waals surface area contributed by atoms with Crippen molar-refractivity contribution in [1.29, 1.82) is 0 Å². The molecule has 0 radical (unpaired) electrons. The summed E-state index contributed by atoms with van der Waals surface area (Å²) in [6.07, 6.45) is 0. The van der Waals surface area contributed by atoms with Gasteiger partial charge in [-0.15, -0.1) is 10.2 Å². The summed E-state index contributed by atoms with van der Waals surface area (Å²) in [6.45, 7) is 1.80. The van der Waals surface area contributed by atoms with Crippen molar-refractivity contribution in [3.05, 3.63) is 29.3 Å². The lowest BCUT2D eigenvalue weighted by atomic mass is 10.3.